The van der Waals surface area contributed by atoms with Gasteiger partial charge < -0.3 is 9.80 Å². The van der Waals surface area contributed by atoms with Crippen molar-refractivity contribution in [3.05, 3.63) is 35.0 Å². The summed E-state index contributed by atoms with van der Waals surface area (Å²) in [5.41, 5.74) is -1.45. The molecule has 2 aromatic heterocycles. The number of halogens is 3. The van der Waals surface area contributed by atoms with Gasteiger partial charge in [-0.05, 0) is 27.7 Å². The number of nitrogens with zero attached hydrogens (tertiary/aromatic N) is 6. The molecule has 0 bridgehead atoms. The molecule has 0 atom stereocenters. The highest BCUT2D eigenvalue weighted by Crippen LogP contribution is 2.35. The van der Waals surface area contributed by atoms with Crippen LogP contribution in [0.1, 0.15) is 68.1 Å². The standard InChI is InChI=1S/C21H29F3N6O/c1-13(2)18-26-14(3)11-16(27-18)28-7-9-29(10-8-28)19(31)15-12-25-30(20(4,5)6)17(15)21(22,23)24/h11-13H,7-10H2,1-6H3. The fourth-order valence-electron chi connectivity index (χ4n) is 3.59. The lowest BCUT2D eigenvalue weighted by Gasteiger charge is -2.35. The van der Waals surface area contributed by atoms with Crippen molar-refractivity contribution in [2.45, 2.75) is 59.2 Å². The smallest absolute Gasteiger partial charge is 0.353 e. The number of aryl methyl sites for hydroxylation is 1. The fraction of sp³-hybridized carbons (Fsp3) is 0.619. The monoisotopic (exact) mass is 438 g/mol. The van der Waals surface area contributed by atoms with Crippen LogP contribution in [-0.4, -0.2) is 56.7 Å². The molecule has 1 aliphatic rings. The number of alkyl halides is 3. The van der Waals surface area contributed by atoms with Crippen LogP contribution in [0.4, 0.5) is 19.0 Å². The van der Waals surface area contributed by atoms with Crippen molar-refractivity contribution < 1.29 is 18.0 Å². The van der Waals surface area contributed by atoms with Gasteiger partial charge in [-0.25, -0.2) is 9.97 Å². The van der Waals surface area contributed by atoms with Crippen LogP contribution in [0.5, 0.6) is 0 Å². The van der Waals surface area contributed by atoms with Gasteiger partial charge in [-0.2, -0.15) is 18.3 Å². The first-order valence-electron chi connectivity index (χ1n) is 10.3. The lowest BCUT2D eigenvalue weighted by molar-refractivity contribution is -0.146. The van der Waals surface area contributed by atoms with E-state index in [1.807, 2.05) is 31.7 Å². The zero-order chi connectivity index (χ0) is 23.1. The molecular weight excluding hydrogens is 409 g/mol. The molecule has 0 aliphatic carbocycles. The summed E-state index contributed by atoms with van der Waals surface area (Å²) in [6.45, 7) is 12.4. The highest BCUT2D eigenvalue weighted by Gasteiger charge is 2.43. The Kier molecular flexibility index (Phi) is 6.03. The van der Waals surface area contributed by atoms with Crippen LogP contribution in [0.25, 0.3) is 0 Å². The number of amides is 1. The summed E-state index contributed by atoms with van der Waals surface area (Å²) >= 11 is 0. The van der Waals surface area contributed by atoms with E-state index in [1.54, 1.807) is 20.8 Å². The van der Waals surface area contributed by atoms with Gasteiger partial charge in [0.2, 0.25) is 0 Å². The largest absolute Gasteiger partial charge is 0.433 e. The maximum Gasteiger partial charge on any atom is 0.433 e. The molecule has 0 saturated carbocycles. The molecule has 7 nitrogen and oxygen atoms in total. The Morgan fingerprint density at radius 1 is 1.06 bits per heavy atom. The number of anilines is 1. The normalized spacial score (nSPS) is 15.7. The van der Waals surface area contributed by atoms with Gasteiger partial charge in [-0.3, -0.25) is 9.48 Å². The Hall–Kier alpha value is -2.65. The second-order valence-electron chi connectivity index (χ2n) is 9.15. The molecular formula is C21H29F3N6O. The van der Waals surface area contributed by atoms with Crippen LogP contribution in [0.15, 0.2) is 12.3 Å². The van der Waals surface area contributed by atoms with Crippen LogP contribution >= 0.6 is 0 Å². The maximum absolute atomic E-state index is 13.8. The van der Waals surface area contributed by atoms with Gasteiger partial charge in [0.05, 0.1) is 17.3 Å². The van der Waals surface area contributed by atoms with Crippen LogP contribution in [0.2, 0.25) is 0 Å². The SMILES string of the molecule is Cc1cc(N2CCN(C(=O)c3cnn(C(C)(C)C)c3C(F)(F)F)CC2)nc(C(C)C)n1. The quantitative estimate of drug-likeness (QED) is 0.729. The minimum absolute atomic E-state index is 0.182. The highest BCUT2D eigenvalue weighted by atomic mass is 19.4. The van der Waals surface area contributed by atoms with Crippen molar-refractivity contribution >= 4 is 11.7 Å². The van der Waals surface area contributed by atoms with Crippen LogP contribution in [0, 0.1) is 6.92 Å². The molecule has 0 N–H and O–H groups in total. The Bertz CT molecular complexity index is 953. The van der Waals surface area contributed by atoms with E-state index in [4.69, 9.17) is 0 Å². The average molecular weight is 438 g/mol. The van der Waals surface area contributed by atoms with E-state index in [9.17, 15) is 18.0 Å². The molecule has 31 heavy (non-hydrogen) atoms. The first-order chi connectivity index (χ1) is 14.3. The van der Waals surface area contributed by atoms with E-state index in [0.29, 0.717) is 26.2 Å². The first-order valence-corrected chi connectivity index (χ1v) is 10.3. The average Bonchev–Trinajstić information content (AvgIpc) is 3.13. The summed E-state index contributed by atoms with van der Waals surface area (Å²) in [6.07, 6.45) is -3.65. The maximum atomic E-state index is 13.8. The molecule has 170 valence electrons. The Labute approximate surface area is 180 Å². The van der Waals surface area contributed by atoms with E-state index < -0.39 is 28.9 Å². The number of rotatable bonds is 3. The lowest BCUT2D eigenvalue weighted by Crippen LogP contribution is -2.49. The van der Waals surface area contributed by atoms with Gasteiger partial charge in [0, 0.05) is 43.9 Å². The summed E-state index contributed by atoms with van der Waals surface area (Å²) in [4.78, 5) is 25.5. The van der Waals surface area contributed by atoms with Crippen molar-refractivity contribution in [2.75, 3.05) is 31.1 Å². The molecule has 2 aromatic rings. The predicted molar refractivity (Wildman–Crippen MR) is 111 cm³/mol. The van der Waals surface area contributed by atoms with Crippen molar-refractivity contribution in [1.82, 2.24) is 24.6 Å². The van der Waals surface area contributed by atoms with Crippen molar-refractivity contribution in [3.63, 3.8) is 0 Å². The van der Waals surface area contributed by atoms with Crippen LogP contribution in [0.3, 0.4) is 0 Å². The molecule has 1 fully saturated rings. The van der Waals surface area contributed by atoms with Gasteiger partial charge in [0.25, 0.3) is 5.91 Å². The lowest BCUT2D eigenvalue weighted by atomic mass is 10.1. The predicted octanol–water partition coefficient (Wildman–Crippen LogP) is 3.84. The number of piperazine rings is 1. The van der Waals surface area contributed by atoms with E-state index in [1.165, 1.54) is 4.90 Å². The van der Waals surface area contributed by atoms with Crippen molar-refractivity contribution in [2.24, 2.45) is 0 Å². The fourth-order valence-corrected chi connectivity index (χ4v) is 3.59. The summed E-state index contributed by atoms with van der Waals surface area (Å²) in [5, 5.41) is 3.89. The van der Waals surface area contributed by atoms with E-state index >= 15 is 0 Å². The molecule has 3 rings (SSSR count). The van der Waals surface area contributed by atoms with Gasteiger partial charge in [0.15, 0.2) is 5.69 Å². The molecule has 3 heterocycles. The molecule has 10 heteroatoms. The summed E-state index contributed by atoms with van der Waals surface area (Å²) in [5.74, 6) is 1.06. The molecule has 0 aromatic carbocycles. The van der Waals surface area contributed by atoms with Gasteiger partial charge in [0.1, 0.15) is 11.6 Å². The van der Waals surface area contributed by atoms with Crippen molar-refractivity contribution in [1.29, 1.82) is 0 Å². The summed E-state index contributed by atoms with van der Waals surface area (Å²) in [6, 6.07) is 1.89. The van der Waals surface area contributed by atoms with Gasteiger partial charge in [-0.15, -0.1) is 0 Å². The third kappa shape index (κ3) is 4.83. The molecule has 0 radical (unpaired) electrons. The summed E-state index contributed by atoms with van der Waals surface area (Å²) in [7, 11) is 0. The van der Waals surface area contributed by atoms with E-state index in [2.05, 4.69) is 15.1 Å². The number of aromatic nitrogens is 4. The number of hydrogen-bond donors (Lipinski definition) is 0. The Balaban J connectivity index is 1.80. The highest BCUT2D eigenvalue weighted by molar-refractivity contribution is 5.95. The minimum Gasteiger partial charge on any atom is -0.353 e. The second kappa shape index (κ2) is 8.12. The molecule has 1 saturated heterocycles. The second-order valence-corrected chi connectivity index (χ2v) is 9.15. The zero-order valence-electron chi connectivity index (χ0n) is 18.8. The van der Waals surface area contributed by atoms with Crippen LogP contribution < -0.4 is 4.90 Å². The van der Waals surface area contributed by atoms with Crippen molar-refractivity contribution in [3.8, 4) is 0 Å². The third-order valence-corrected chi connectivity index (χ3v) is 5.17. The van der Waals surface area contributed by atoms with E-state index in [0.717, 1.165) is 28.2 Å². The molecule has 0 unspecified atom stereocenters. The topological polar surface area (TPSA) is 67.2 Å². The minimum atomic E-state index is -4.68. The Morgan fingerprint density at radius 2 is 1.68 bits per heavy atom. The van der Waals surface area contributed by atoms with E-state index in [-0.39, 0.29) is 5.92 Å². The Morgan fingerprint density at radius 3 is 2.19 bits per heavy atom. The van der Waals surface area contributed by atoms with Crippen LogP contribution in [-0.2, 0) is 11.7 Å². The molecule has 1 aliphatic heterocycles. The van der Waals surface area contributed by atoms with Gasteiger partial charge in [-0.1, -0.05) is 13.8 Å². The summed E-state index contributed by atoms with van der Waals surface area (Å²) < 4.78 is 42.2. The number of carbonyl (C=O) groups excluding carboxylic acids is 1. The van der Waals surface area contributed by atoms with Gasteiger partial charge >= 0.3 is 6.18 Å². The molecule has 1 amide bonds. The first kappa shape index (κ1) is 23.0. The third-order valence-electron chi connectivity index (χ3n) is 5.17. The number of carbonyl (C=O) groups is 1. The molecule has 0 spiro atoms. The number of hydrogen-bond acceptors (Lipinski definition) is 5. The zero-order valence-corrected chi connectivity index (χ0v) is 18.8.